The first-order chi connectivity index (χ1) is 12.1. The normalized spacial score (nSPS) is 20.1. The summed E-state index contributed by atoms with van der Waals surface area (Å²) in [4.78, 5) is 16.0. The van der Waals surface area contributed by atoms with Gasteiger partial charge in [-0.3, -0.25) is 4.79 Å². The third-order valence-electron chi connectivity index (χ3n) is 5.37. The molecule has 2 N–H and O–H groups in total. The van der Waals surface area contributed by atoms with Crippen LogP contribution in [0.2, 0.25) is 0 Å². The Kier molecular flexibility index (Phi) is 5.44. The summed E-state index contributed by atoms with van der Waals surface area (Å²) in [5.41, 5.74) is 0.584. The summed E-state index contributed by atoms with van der Waals surface area (Å²) in [6.07, 6.45) is 3.63. The number of nitrogens with zero attached hydrogens (tertiary/aromatic N) is 2. The van der Waals surface area contributed by atoms with Gasteiger partial charge in [-0.25, -0.2) is 0 Å². The van der Waals surface area contributed by atoms with Crippen LogP contribution in [-0.4, -0.2) is 51.3 Å². The molecule has 0 atom stereocenters. The van der Waals surface area contributed by atoms with Gasteiger partial charge in [-0.15, -0.1) is 0 Å². The fourth-order valence-corrected chi connectivity index (χ4v) is 3.83. The molecule has 6 nitrogen and oxygen atoms in total. The molecule has 1 aromatic rings. The smallest absolute Gasteiger partial charge is 0.276 e. The van der Waals surface area contributed by atoms with Crippen LogP contribution in [0, 0.1) is 11.3 Å². The monoisotopic (exact) mass is 343 g/mol. The van der Waals surface area contributed by atoms with Crippen LogP contribution in [0.5, 0.6) is 5.75 Å². The topological polar surface area (TPSA) is 69.8 Å². The standard InChI is InChI=1S/C19H26N4O2/c1-25-17-6-4-16(5-7-17)23-12-10-22(11-13-23)14-18(24)21-19(15-20)8-2-3-9-19/h4-7H,2-3,8-14H2,1H3,(H,21,24)/p+1. The van der Waals surface area contributed by atoms with Crippen LogP contribution < -0.4 is 19.9 Å². The molecule has 25 heavy (non-hydrogen) atoms. The number of carbonyl (C=O) groups is 1. The number of nitriles is 1. The zero-order valence-corrected chi connectivity index (χ0v) is 14.9. The first kappa shape index (κ1) is 17.6. The van der Waals surface area contributed by atoms with E-state index in [1.807, 2.05) is 12.1 Å². The summed E-state index contributed by atoms with van der Waals surface area (Å²) in [7, 11) is 1.67. The molecule has 1 aliphatic heterocycles. The summed E-state index contributed by atoms with van der Waals surface area (Å²) in [6.45, 7) is 4.18. The Hall–Kier alpha value is -2.26. The van der Waals surface area contributed by atoms with Gasteiger partial charge in [-0.2, -0.15) is 5.26 Å². The van der Waals surface area contributed by atoms with Crippen molar-refractivity contribution in [1.82, 2.24) is 5.32 Å². The van der Waals surface area contributed by atoms with E-state index in [1.165, 1.54) is 10.6 Å². The number of ether oxygens (including phenoxy) is 1. The Morgan fingerprint density at radius 1 is 1.28 bits per heavy atom. The average Bonchev–Trinajstić information content (AvgIpc) is 3.11. The van der Waals surface area contributed by atoms with Crippen molar-refractivity contribution in [3.8, 4) is 11.8 Å². The van der Waals surface area contributed by atoms with Crippen molar-refractivity contribution >= 4 is 11.6 Å². The van der Waals surface area contributed by atoms with Gasteiger partial charge in [0.05, 0.1) is 39.4 Å². The van der Waals surface area contributed by atoms with Crippen molar-refractivity contribution in [2.24, 2.45) is 0 Å². The fraction of sp³-hybridized carbons (Fsp3) is 0.579. The van der Waals surface area contributed by atoms with E-state index in [9.17, 15) is 10.1 Å². The molecule has 1 amide bonds. The minimum Gasteiger partial charge on any atom is -0.497 e. The minimum atomic E-state index is -0.610. The largest absolute Gasteiger partial charge is 0.497 e. The highest BCUT2D eigenvalue weighted by molar-refractivity contribution is 5.78. The molecular weight excluding hydrogens is 316 g/mol. The van der Waals surface area contributed by atoms with E-state index >= 15 is 0 Å². The number of amides is 1. The summed E-state index contributed by atoms with van der Waals surface area (Å²) in [5, 5.41) is 12.4. The molecule has 134 valence electrons. The van der Waals surface area contributed by atoms with Crippen LogP contribution >= 0.6 is 0 Å². The molecule has 0 unspecified atom stereocenters. The predicted molar refractivity (Wildman–Crippen MR) is 95.7 cm³/mol. The van der Waals surface area contributed by atoms with E-state index < -0.39 is 5.54 Å². The number of benzene rings is 1. The van der Waals surface area contributed by atoms with Crippen molar-refractivity contribution in [3.63, 3.8) is 0 Å². The summed E-state index contributed by atoms with van der Waals surface area (Å²) < 4.78 is 5.20. The Labute approximate surface area is 149 Å². The van der Waals surface area contributed by atoms with Gasteiger partial charge in [-0.1, -0.05) is 0 Å². The van der Waals surface area contributed by atoms with Crippen LogP contribution in [0.3, 0.4) is 0 Å². The molecule has 0 spiro atoms. The highest BCUT2D eigenvalue weighted by Crippen LogP contribution is 2.28. The number of rotatable bonds is 5. The molecule has 6 heteroatoms. The first-order valence-electron chi connectivity index (χ1n) is 9.09. The van der Waals surface area contributed by atoms with Gasteiger partial charge < -0.3 is 19.9 Å². The Bertz CT molecular complexity index is 624. The zero-order valence-electron chi connectivity index (χ0n) is 14.9. The maximum atomic E-state index is 12.3. The molecule has 2 aliphatic rings. The number of hydrogen-bond donors (Lipinski definition) is 2. The van der Waals surface area contributed by atoms with Crippen molar-refractivity contribution in [2.75, 3.05) is 44.7 Å². The number of anilines is 1. The van der Waals surface area contributed by atoms with Gasteiger partial charge in [0, 0.05) is 5.69 Å². The van der Waals surface area contributed by atoms with E-state index in [1.54, 1.807) is 7.11 Å². The van der Waals surface area contributed by atoms with Gasteiger partial charge in [0.25, 0.3) is 5.91 Å². The molecule has 1 saturated heterocycles. The number of quaternary nitrogens is 1. The second-order valence-electron chi connectivity index (χ2n) is 7.06. The molecular formula is C19H27N4O2+. The van der Waals surface area contributed by atoms with Crippen LogP contribution in [-0.2, 0) is 4.79 Å². The third-order valence-corrected chi connectivity index (χ3v) is 5.37. The minimum absolute atomic E-state index is 0.0105. The summed E-state index contributed by atoms with van der Waals surface area (Å²) in [6, 6.07) is 10.4. The Morgan fingerprint density at radius 3 is 2.48 bits per heavy atom. The molecule has 3 rings (SSSR count). The van der Waals surface area contributed by atoms with Crippen molar-refractivity contribution in [3.05, 3.63) is 24.3 Å². The Morgan fingerprint density at radius 2 is 1.92 bits per heavy atom. The van der Waals surface area contributed by atoms with Gasteiger partial charge >= 0.3 is 0 Å². The molecule has 0 bridgehead atoms. The number of methoxy groups -OCH3 is 1. The summed E-state index contributed by atoms with van der Waals surface area (Å²) >= 11 is 0. The lowest BCUT2D eigenvalue weighted by atomic mass is 10.00. The molecule has 1 aliphatic carbocycles. The molecule has 0 radical (unpaired) electrons. The number of piperazine rings is 1. The molecule has 1 saturated carbocycles. The highest BCUT2D eigenvalue weighted by Gasteiger charge is 2.36. The second-order valence-corrected chi connectivity index (χ2v) is 7.06. The van der Waals surface area contributed by atoms with Crippen LogP contribution in [0.4, 0.5) is 5.69 Å². The van der Waals surface area contributed by atoms with E-state index in [0.717, 1.165) is 57.6 Å². The maximum absolute atomic E-state index is 12.3. The van der Waals surface area contributed by atoms with E-state index in [2.05, 4.69) is 28.4 Å². The molecule has 1 heterocycles. The van der Waals surface area contributed by atoms with Crippen molar-refractivity contribution < 1.29 is 14.4 Å². The number of carbonyl (C=O) groups excluding carboxylic acids is 1. The fourth-order valence-electron chi connectivity index (χ4n) is 3.83. The lowest BCUT2D eigenvalue weighted by Crippen LogP contribution is -3.16. The van der Waals surface area contributed by atoms with Gasteiger partial charge in [0.2, 0.25) is 0 Å². The molecule has 0 aromatic heterocycles. The molecule has 1 aromatic carbocycles. The van der Waals surface area contributed by atoms with Crippen molar-refractivity contribution in [2.45, 2.75) is 31.2 Å². The highest BCUT2D eigenvalue weighted by atomic mass is 16.5. The number of nitrogens with one attached hydrogen (secondary N) is 2. The maximum Gasteiger partial charge on any atom is 0.276 e. The lowest BCUT2D eigenvalue weighted by Gasteiger charge is -2.34. The van der Waals surface area contributed by atoms with Crippen LogP contribution in [0.25, 0.3) is 0 Å². The van der Waals surface area contributed by atoms with E-state index in [0.29, 0.717) is 6.54 Å². The van der Waals surface area contributed by atoms with Crippen LogP contribution in [0.15, 0.2) is 24.3 Å². The Balaban J connectivity index is 1.47. The SMILES string of the molecule is COc1ccc(N2CC[NH+](CC(=O)NC3(C#N)CCCC3)CC2)cc1. The lowest BCUT2D eigenvalue weighted by molar-refractivity contribution is -0.892. The predicted octanol–water partition coefficient (Wildman–Crippen LogP) is 0.353. The molecule has 2 fully saturated rings. The van der Waals surface area contributed by atoms with E-state index in [-0.39, 0.29) is 5.91 Å². The van der Waals surface area contributed by atoms with Gasteiger partial charge in [0.1, 0.15) is 11.3 Å². The van der Waals surface area contributed by atoms with Gasteiger partial charge in [0.15, 0.2) is 6.54 Å². The second kappa shape index (κ2) is 7.75. The number of hydrogen-bond acceptors (Lipinski definition) is 4. The zero-order chi connectivity index (χ0) is 17.7. The van der Waals surface area contributed by atoms with Crippen molar-refractivity contribution in [1.29, 1.82) is 5.26 Å². The quantitative estimate of drug-likeness (QED) is 0.810. The van der Waals surface area contributed by atoms with Crippen LogP contribution in [0.1, 0.15) is 25.7 Å². The average molecular weight is 343 g/mol. The first-order valence-corrected chi connectivity index (χ1v) is 9.09. The third kappa shape index (κ3) is 4.23. The summed E-state index contributed by atoms with van der Waals surface area (Å²) in [5.74, 6) is 0.874. The van der Waals surface area contributed by atoms with Gasteiger partial charge in [-0.05, 0) is 49.9 Å². The van der Waals surface area contributed by atoms with E-state index in [4.69, 9.17) is 4.74 Å².